The van der Waals surface area contributed by atoms with Crippen molar-refractivity contribution in [2.45, 2.75) is 31.2 Å². The Bertz CT molecular complexity index is 601. The number of halogens is 1. The van der Waals surface area contributed by atoms with Crippen LogP contribution >= 0.6 is 11.6 Å². The highest BCUT2D eigenvalue weighted by Gasteiger charge is 2.30. The number of benzene rings is 1. The molecule has 0 radical (unpaired) electrons. The highest BCUT2D eigenvalue weighted by atomic mass is 35.5. The van der Waals surface area contributed by atoms with E-state index in [1.165, 1.54) is 7.05 Å². The van der Waals surface area contributed by atoms with E-state index >= 15 is 0 Å². The van der Waals surface area contributed by atoms with Crippen molar-refractivity contribution in [1.29, 1.82) is 0 Å². The topological polar surface area (TPSA) is 75.3 Å². The van der Waals surface area contributed by atoms with Gasteiger partial charge in [0, 0.05) is 17.0 Å². The first kappa shape index (κ1) is 16.3. The van der Waals surface area contributed by atoms with Crippen molar-refractivity contribution >= 4 is 27.5 Å². The average molecular weight is 331 g/mol. The van der Waals surface area contributed by atoms with Crippen LogP contribution in [0.25, 0.3) is 0 Å². The average Bonchev–Trinajstić information content (AvgIpc) is 2.87. The summed E-state index contributed by atoms with van der Waals surface area (Å²) in [5, 5.41) is 3.52. The molecule has 1 fully saturated rings. The normalized spacial score (nSPS) is 22.2. The van der Waals surface area contributed by atoms with Gasteiger partial charge in [0.25, 0.3) is 0 Å². The van der Waals surface area contributed by atoms with Crippen LogP contribution in [-0.2, 0) is 14.8 Å². The lowest BCUT2D eigenvalue weighted by molar-refractivity contribution is -0.119. The quantitative estimate of drug-likeness (QED) is 0.861. The highest BCUT2D eigenvalue weighted by Crippen LogP contribution is 2.35. The van der Waals surface area contributed by atoms with Crippen molar-refractivity contribution in [3.8, 4) is 0 Å². The Kier molecular flexibility index (Phi) is 5.24. The molecule has 0 heterocycles. The second-order valence-corrected chi connectivity index (χ2v) is 7.59. The van der Waals surface area contributed by atoms with Gasteiger partial charge >= 0.3 is 0 Å². The second kappa shape index (κ2) is 6.77. The van der Waals surface area contributed by atoms with E-state index in [2.05, 4.69) is 10.0 Å². The first-order valence-corrected chi connectivity index (χ1v) is 8.90. The van der Waals surface area contributed by atoms with Crippen LogP contribution in [0, 0.1) is 0 Å². The second-order valence-electron chi connectivity index (χ2n) is 5.23. The first-order chi connectivity index (χ1) is 9.91. The number of amides is 1. The monoisotopic (exact) mass is 330 g/mol. The Morgan fingerprint density at radius 2 is 1.95 bits per heavy atom. The molecule has 116 valence electrons. The van der Waals surface area contributed by atoms with Gasteiger partial charge in [-0.3, -0.25) is 4.79 Å². The molecule has 7 heteroatoms. The van der Waals surface area contributed by atoms with Gasteiger partial charge in [-0.1, -0.05) is 30.2 Å². The molecule has 0 aromatic heterocycles. The smallest absolute Gasteiger partial charge is 0.236 e. The number of carbonyl (C=O) groups excluding carboxylic acids is 1. The minimum absolute atomic E-state index is 0.0225. The highest BCUT2D eigenvalue weighted by molar-refractivity contribution is 7.90. The number of rotatable bonds is 5. The Hall–Kier alpha value is -1.11. The minimum Gasteiger partial charge on any atom is -0.352 e. The Balaban J connectivity index is 2.02. The van der Waals surface area contributed by atoms with Crippen LogP contribution < -0.4 is 10.0 Å². The van der Waals surface area contributed by atoms with Gasteiger partial charge in [0.2, 0.25) is 15.9 Å². The summed E-state index contributed by atoms with van der Waals surface area (Å²) in [6, 6.07) is 7.56. The van der Waals surface area contributed by atoms with Crippen LogP contribution in [0.4, 0.5) is 0 Å². The van der Waals surface area contributed by atoms with Crippen molar-refractivity contribution in [3.05, 3.63) is 34.9 Å². The van der Waals surface area contributed by atoms with E-state index in [4.69, 9.17) is 11.6 Å². The molecule has 2 atom stereocenters. The number of hydrogen-bond donors (Lipinski definition) is 2. The predicted octanol–water partition coefficient (Wildman–Crippen LogP) is 1.64. The van der Waals surface area contributed by atoms with Crippen LogP contribution in [0.3, 0.4) is 0 Å². The van der Waals surface area contributed by atoms with Gasteiger partial charge in [-0.2, -0.15) is 0 Å². The van der Waals surface area contributed by atoms with E-state index in [0.717, 1.165) is 24.8 Å². The van der Waals surface area contributed by atoms with Crippen molar-refractivity contribution in [3.63, 3.8) is 0 Å². The van der Waals surface area contributed by atoms with Gasteiger partial charge < -0.3 is 5.32 Å². The molecule has 1 amide bonds. The fourth-order valence-electron chi connectivity index (χ4n) is 2.73. The van der Waals surface area contributed by atoms with Gasteiger partial charge in [-0.25, -0.2) is 13.1 Å². The molecule has 5 nitrogen and oxygen atoms in total. The van der Waals surface area contributed by atoms with Gasteiger partial charge in [0.05, 0.1) is 0 Å². The van der Waals surface area contributed by atoms with E-state index < -0.39 is 21.7 Å². The molecule has 2 N–H and O–H groups in total. The summed E-state index contributed by atoms with van der Waals surface area (Å²) >= 11 is 5.88. The largest absolute Gasteiger partial charge is 0.352 e. The van der Waals surface area contributed by atoms with Crippen LogP contribution in [0.2, 0.25) is 5.02 Å². The standard InChI is InChI=1S/C14H19ClN2O3S/c1-16-21(19,20)9-14(18)17-13-4-2-3-12(13)10-5-7-11(15)8-6-10/h5-8,12-13,16H,2-4,9H2,1H3,(H,17,18)/t12-,13+/m0/s1. The maximum atomic E-state index is 11.9. The summed E-state index contributed by atoms with van der Waals surface area (Å²) in [5.41, 5.74) is 1.12. The Morgan fingerprint density at radius 1 is 1.29 bits per heavy atom. The Morgan fingerprint density at radius 3 is 2.57 bits per heavy atom. The zero-order valence-electron chi connectivity index (χ0n) is 11.8. The third-order valence-corrected chi connectivity index (χ3v) is 5.31. The SMILES string of the molecule is CNS(=O)(=O)CC(=O)N[C@@H]1CCC[C@H]1c1ccc(Cl)cc1. The van der Waals surface area contributed by atoms with Crippen molar-refractivity contribution in [2.24, 2.45) is 0 Å². The zero-order valence-corrected chi connectivity index (χ0v) is 13.4. The van der Waals surface area contributed by atoms with Gasteiger partial charge in [0.15, 0.2) is 0 Å². The van der Waals surface area contributed by atoms with Crippen LogP contribution in [0.5, 0.6) is 0 Å². The van der Waals surface area contributed by atoms with Crippen LogP contribution in [-0.4, -0.2) is 33.2 Å². The summed E-state index contributed by atoms with van der Waals surface area (Å²) in [4.78, 5) is 11.9. The summed E-state index contributed by atoms with van der Waals surface area (Å²) in [7, 11) is -2.23. The number of nitrogens with one attached hydrogen (secondary N) is 2. The number of carbonyl (C=O) groups is 1. The van der Waals surface area contributed by atoms with E-state index in [1.807, 2.05) is 24.3 Å². The molecular formula is C14H19ClN2O3S. The molecule has 0 aliphatic heterocycles. The van der Waals surface area contributed by atoms with Crippen LogP contribution in [0.15, 0.2) is 24.3 Å². The lowest BCUT2D eigenvalue weighted by atomic mass is 9.94. The zero-order chi connectivity index (χ0) is 15.5. The number of sulfonamides is 1. The summed E-state index contributed by atoms with van der Waals surface area (Å²) in [5.74, 6) is -0.786. The van der Waals surface area contributed by atoms with Crippen molar-refractivity contribution in [2.75, 3.05) is 12.8 Å². The first-order valence-electron chi connectivity index (χ1n) is 6.87. The Labute approximate surface area is 130 Å². The fraction of sp³-hybridized carbons (Fsp3) is 0.500. The minimum atomic E-state index is -3.53. The molecule has 1 aromatic rings. The lowest BCUT2D eigenvalue weighted by Gasteiger charge is -2.21. The molecule has 1 aliphatic carbocycles. The van der Waals surface area contributed by atoms with Gasteiger partial charge in [-0.15, -0.1) is 0 Å². The van der Waals surface area contributed by atoms with Crippen molar-refractivity contribution in [1.82, 2.24) is 10.0 Å². The molecule has 0 bridgehead atoms. The molecule has 0 saturated heterocycles. The van der Waals surface area contributed by atoms with Gasteiger partial charge in [-0.05, 0) is 37.6 Å². The molecule has 1 aromatic carbocycles. The predicted molar refractivity (Wildman–Crippen MR) is 82.8 cm³/mol. The molecule has 21 heavy (non-hydrogen) atoms. The lowest BCUT2D eigenvalue weighted by Crippen LogP contribution is -2.41. The molecular weight excluding hydrogens is 312 g/mol. The molecule has 1 aliphatic rings. The summed E-state index contributed by atoms with van der Waals surface area (Å²) < 4.78 is 24.9. The van der Waals surface area contributed by atoms with E-state index in [1.54, 1.807) is 0 Å². The van der Waals surface area contributed by atoms with Gasteiger partial charge in [0.1, 0.15) is 5.75 Å². The number of hydrogen-bond acceptors (Lipinski definition) is 3. The molecule has 2 rings (SSSR count). The van der Waals surface area contributed by atoms with Crippen molar-refractivity contribution < 1.29 is 13.2 Å². The molecule has 0 spiro atoms. The summed E-state index contributed by atoms with van der Waals surface area (Å²) in [6.07, 6.45) is 2.85. The maximum absolute atomic E-state index is 11.9. The maximum Gasteiger partial charge on any atom is 0.236 e. The van der Waals surface area contributed by atoms with Crippen LogP contribution in [0.1, 0.15) is 30.7 Å². The van der Waals surface area contributed by atoms with E-state index in [9.17, 15) is 13.2 Å². The van der Waals surface area contributed by atoms with E-state index in [0.29, 0.717) is 5.02 Å². The fourth-order valence-corrected chi connectivity index (χ4v) is 3.43. The third-order valence-electron chi connectivity index (χ3n) is 3.79. The molecule has 1 saturated carbocycles. The van der Waals surface area contributed by atoms with E-state index in [-0.39, 0.29) is 12.0 Å². The summed E-state index contributed by atoms with van der Waals surface area (Å²) in [6.45, 7) is 0. The molecule has 0 unspecified atom stereocenters. The third kappa shape index (κ3) is 4.43.